The predicted octanol–water partition coefficient (Wildman–Crippen LogP) is 2.25. The summed E-state index contributed by atoms with van der Waals surface area (Å²) in [6.07, 6.45) is -4.63. The van der Waals surface area contributed by atoms with Gasteiger partial charge in [-0.05, 0) is 12.1 Å². The van der Waals surface area contributed by atoms with Crippen molar-refractivity contribution >= 4 is 5.69 Å². The number of anilines is 1. The van der Waals surface area contributed by atoms with Crippen molar-refractivity contribution in [1.82, 2.24) is 10.1 Å². The molecule has 0 bridgehead atoms. The first kappa shape index (κ1) is 12.2. The van der Waals surface area contributed by atoms with Crippen molar-refractivity contribution in [1.29, 1.82) is 0 Å². The number of aromatic nitrogens is 2. The van der Waals surface area contributed by atoms with Crippen molar-refractivity contribution in [2.45, 2.75) is 12.8 Å². The summed E-state index contributed by atoms with van der Waals surface area (Å²) in [5, 5.41) is 2.80. The Balaban J connectivity index is 2.03. The number of benzene rings is 1. The van der Waals surface area contributed by atoms with Crippen molar-refractivity contribution in [3.63, 3.8) is 0 Å². The average Bonchev–Trinajstić information content (AvgIpc) is 2.76. The molecule has 1 aromatic heterocycles. The van der Waals surface area contributed by atoms with Gasteiger partial charge in [-0.25, -0.2) is 0 Å². The Morgan fingerprint density at radius 1 is 1.28 bits per heavy atom. The van der Waals surface area contributed by atoms with Crippen LogP contribution >= 0.6 is 0 Å². The maximum absolute atomic E-state index is 12.2. The molecule has 0 aliphatic rings. The Hall–Kier alpha value is -2.25. The van der Waals surface area contributed by atoms with Gasteiger partial charge in [-0.2, -0.15) is 18.2 Å². The van der Waals surface area contributed by atoms with E-state index in [-0.39, 0.29) is 12.5 Å². The number of nitrogen functional groups attached to an aromatic ring is 1. The number of rotatable bonds is 3. The fourth-order valence-corrected chi connectivity index (χ4v) is 1.18. The van der Waals surface area contributed by atoms with E-state index < -0.39 is 12.0 Å². The van der Waals surface area contributed by atoms with Gasteiger partial charge >= 0.3 is 6.18 Å². The number of nitrogens with two attached hydrogens (primary N) is 1. The van der Waals surface area contributed by atoms with Gasteiger partial charge in [-0.1, -0.05) is 17.3 Å². The second-order valence-electron chi connectivity index (χ2n) is 3.34. The molecule has 0 unspecified atom stereocenters. The third kappa shape index (κ3) is 2.70. The summed E-state index contributed by atoms with van der Waals surface area (Å²) in [6.45, 7) is -0.280. The van der Waals surface area contributed by atoms with E-state index in [1.54, 1.807) is 24.3 Å². The Morgan fingerprint density at radius 3 is 2.61 bits per heavy atom. The first-order valence-electron chi connectivity index (χ1n) is 4.84. The third-order valence-corrected chi connectivity index (χ3v) is 1.99. The predicted molar refractivity (Wildman–Crippen MR) is 54.5 cm³/mol. The molecule has 1 aromatic carbocycles. The van der Waals surface area contributed by atoms with E-state index in [0.29, 0.717) is 11.4 Å². The first-order chi connectivity index (χ1) is 8.47. The van der Waals surface area contributed by atoms with Crippen LogP contribution in [0.3, 0.4) is 0 Å². The minimum absolute atomic E-state index is 0.273. The van der Waals surface area contributed by atoms with Crippen LogP contribution in [0.5, 0.6) is 5.75 Å². The molecule has 8 heteroatoms. The van der Waals surface area contributed by atoms with E-state index in [1.165, 1.54) is 0 Å². The SMILES string of the molecule is Nc1ccccc1OCc1nc(C(F)(F)F)no1. The number of nitrogens with zero attached hydrogens (tertiary/aromatic N) is 2. The second-order valence-corrected chi connectivity index (χ2v) is 3.34. The van der Waals surface area contributed by atoms with Gasteiger partial charge < -0.3 is 15.0 Å². The van der Waals surface area contributed by atoms with Crippen LogP contribution in [-0.2, 0) is 12.8 Å². The molecular weight excluding hydrogens is 251 g/mol. The van der Waals surface area contributed by atoms with Crippen LogP contribution in [0.15, 0.2) is 28.8 Å². The molecule has 0 aliphatic heterocycles. The van der Waals surface area contributed by atoms with E-state index in [9.17, 15) is 13.2 Å². The Labute approximate surface area is 99.4 Å². The highest BCUT2D eigenvalue weighted by atomic mass is 19.4. The van der Waals surface area contributed by atoms with Crippen LogP contribution in [0.1, 0.15) is 11.7 Å². The molecule has 2 rings (SSSR count). The number of hydrogen-bond donors (Lipinski definition) is 1. The average molecular weight is 259 g/mol. The van der Waals surface area contributed by atoms with Gasteiger partial charge in [0.15, 0.2) is 6.61 Å². The van der Waals surface area contributed by atoms with E-state index in [1.807, 2.05) is 0 Å². The van der Waals surface area contributed by atoms with Crippen molar-refractivity contribution in [2.75, 3.05) is 5.73 Å². The van der Waals surface area contributed by atoms with Gasteiger partial charge in [-0.3, -0.25) is 0 Å². The topological polar surface area (TPSA) is 74.2 Å². The smallest absolute Gasteiger partial charge is 0.455 e. The number of ether oxygens (including phenoxy) is 1. The Morgan fingerprint density at radius 2 is 2.00 bits per heavy atom. The lowest BCUT2D eigenvalue weighted by molar-refractivity contribution is -0.146. The van der Waals surface area contributed by atoms with Gasteiger partial charge in [0.05, 0.1) is 5.69 Å². The van der Waals surface area contributed by atoms with Crippen molar-refractivity contribution in [2.24, 2.45) is 0 Å². The van der Waals surface area contributed by atoms with Crippen LogP contribution in [0.25, 0.3) is 0 Å². The maximum Gasteiger partial charge on any atom is 0.455 e. The lowest BCUT2D eigenvalue weighted by Gasteiger charge is -2.05. The molecule has 0 atom stereocenters. The zero-order valence-electron chi connectivity index (χ0n) is 8.94. The minimum Gasteiger partial charge on any atom is -0.482 e. The summed E-state index contributed by atoms with van der Waals surface area (Å²) in [4.78, 5) is 3.16. The van der Waals surface area contributed by atoms with Crippen LogP contribution in [-0.4, -0.2) is 10.1 Å². The highest BCUT2D eigenvalue weighted by molar-refractivity contribution is 5.51. The van der Waals surface area contributed by atoms with E-state index in [2.05, 4.69) is 14.7 Å². The van der Waals surface area contributed by atoms with Gasteiger partial charge in [0.1, 0.15) is 5.75 Å². The lowest BCUT2D eigenvalue weighted by Crippen LogP contribution is -2.07. The summed E-state index contributed by atoms with van der Waals surface area (Å²) in [7, 11) is 0. The number of alkyl halides is 3. The number of halogens is 3. The molecular formula is C10H8F3N3O2. The van der Waals surface area contributed by atoms with Gasteiger partial charge in [-0.15, -0.1) is 0 Å². The van der Waals surface area contributed by atoms with Crippen molar-refractivity contribution < 1.29 is 22.4 Å². The standard InChI is InChI=1S/C10H8F3N3O2/c11-10(12,13)9-15-8(18-16-9)5-17-7-4-2-1-3-6(7)14/h1-4H,5,14H2. The minimum atomic E-state index is -4.63. The monoisotopic (exact) mass is 259 g/mol. The molecule has 2 aromatic rings. The fraction of sp³-hybridized carbons (Fsp3) is 0.200. The zero-order chi connectivity index (χ0) is 13.2. The summed E-state index contributed by atoms with van der Waals surface area (Å²) >= 11 is 0. The first-order valence-corrected chi connectivity index (χ1v) is 4.84. The van der Waals surface area contributed by atoms with E-state index in [4.69, 9.17) is 10.5 Å². The van der Waals surface area contributed by atoms with Gasteiger partial charge in [0, 0.05) is 0 Å². The molecule has 5 nitrogen and oxygen atoms in total. The molecule has 1 heterocycles. The summed E-state index contributed by atoms with van der Waals surface area (Å²) < 4.78 is 46.1. The molecule has 0 fully saturated rings. The lowest BCUT2D eigenvalue weighted by atomic mass is 10.3. The number of hydrogen-bond acceptors (Lipinski definition) is 5. The van der Waals surface area contributed by atoms with E-state index >= 15 is 0 Å². The molecule has 0 amide bonds. The molecule has 0 saturated carbocycles. The Kier molecular flexibility index (Phi) is 3.09. The second kappa shape index (κ2) is 4.55. The number of para-hydroxylation sites is 2. The quantitative estimate of drug-likeness (QED) is 0.855. The molecule has 18 heavy (non-hydrogen) atoms. The normalized spacial score (nSPS) is 11.5. The molecule has 0 aliphatic carbocycles. The largest absolute Gasteiger partial charge is 0.482 e. The van der Waals surface area contributed by atoms with Crippen LogP contribution < -0.4 is 10.5 Å². The van der Waals surface area contributed by atoms with Crippen molar-refractivity contribution in [3.8, 4) is 5.75 Å². The zero-order valence-corrected chi connectivity index (χ0v) is 8.94. The molecule has 96 valence electrons. The van der Waals surface area contributed by atoms with Gasteiger partial charge in [0.2, 0.25) is 0 Å². The highest BCUT2D eigenvalue weighted by Crippen LogP contribution is 2.26. The van der Waals surface area contributed by atoms with Crippen LogP contribution in [0.2, 0.25) is 0 Å². The Bertz CT molecular complexity index is 539. The summed E-state index contributed by atoms with van der Waals surface area (Å²) in [5.74, 6) is -1.27. The van der Waals surface area contributed by atoms with Crippen molar-refractivity contribution in [3.05, 3.63) is 36.0 Å². The molecule has 0 radical (unpaired) electrons. The molecule has 2 N–H and O–H groups in total. The van der Waals surface area contributed by atoms with Crippen LogP contribution in [0, 0.1) is 0 Å². The maximum atomic E-state index is 12.2. The highest BCUT2D eigenvalue weighted by Gasteiger charge is 2.37. The fourth-order valence-electron chi connectivity index (χ4n) is 1.18. The molecule has 0 saturated heterocycles. The third-order valence-electron chi connectivity index (χ3n) is 1.99. The van der Waals surface area contributed by atoms with Gasteiger partial charge in [0.25, 0.3) is 11.7 Å². The summed E-state index contributed by atoms with van der Waals surface area (Å²) in [5.41, 5.74) is 5.96. The molecule has 0 spiro atoms. The van der Waals surface area contributed by atoms with Crippen LogP contribution in [0.4, 0.5) is 18.9 Å². The summed E-state index contributed by atoms with van der Waals surface area (Å²) in [6, 6.07) is 6.57. The van der Waals surface area contributed by atoms with E-state index in [0.717, 1.165) is 0 Å².